The summed E-state index contributed by atoms with van der Waals surface area (Å²) in [6.45, 7) is 6.41. The molecule has 6 heteroatoms. The van der Waals surface area contributed by atoms with E-state index in [4.69, 9.17) is 0 Å². The van der Waals surface area contributed by atoms with Gasteiger partial charge in [0.05, 0.1) is 0 Å². The minimum Gasteiger partial charge on any atom is -0.316 e. The summed E-state index contributed by atoms with van der Waals surface area (Å²) in [7, 11) is -3.30. The number of nitrogens with one attached hydrogen (secondary N) is 2. The summed E-state index contributed by atoms with van der Waals surface area (Å²) >= 11 is 0. The first kappa shape index (κ1) is 14.2. The van der Waals surface area contributed by atoms with Gasteiger partial charge in [0.15, 0.2) is 0 Å². The fourth-order valence-electron chi connectivity index (χ4n) is 2.51. The van der Waals surface area contributed by atoms with Gasteiger partial charge in [0.2, 0.25) is 0 Å². The Morgan fingerprint density at radius 1 is 1.33 bits per heavy atom. The van der Waals surface area contributed by atoms with Gasteiger partial charge in [0.1, 0.15) is 0 Å². The number of piperidine rings is 1. The molecular weight excluding hydrogens is 250 g/mol. The van der Waals surface area contributed by atoms with Crippen LogP contribution >= 0.6 is 0 Å². The van der Waals surface area contributed by atoms with Crippen LogP contribution in [0.5, 0.6) is 0 Å². The highest BCUT2D eigenvalue weighted by Crippen LogP contribution is 2.30. The van der Waals surface area contributed by atoms with Crippen LogP contribution in [0.15, 0.2) is 0 Å². The molecule has 1 heterocycles. The quantitative estimate of drug-likeness (QED) is 0.750. The van der Waals surface area contributed by atoms with Crippen LogP contribution in [0.2, 0.25) is 0 Å². The third-order valence-electron chi connectivity index (χ3n) is 3.48. The van der Waals surface area contributed by atoms with Crippen LogP contribution in [0.3, 0.4) is 0 Å². The zero-order chi connectivity index (χ0) is 13.2. The fourth-order valence-corrected chi connectivity index (χ4v) is 4.25. The molecule has 18 heavy (non-hydrogen) atoms. The largest absolute Gasteiger partial charge is 0.316 e. The minimum atomic E-state index is -3.30. The van der Waals surface area contributed by atoms with Gasteiger partial charge >= 0.3 is 0 Å². The second-order valence-electron chi connectivity index (χ2n) is 5.79. The first-order valence-electron chi connectivity index (χ1n) is 6.99. The molecule has 1 unspecified atom stereocenters. The van der Waals surface area contributed by atoms with E-state index in [1.807, 2.05) is 13.8 Å². The van der Waals surface area contributed by atoms with Gasteiger partial charge in [-0.15, -0.1) is 0 Å². The molecule has 2 rings (SSSR count). The number of hydrogen-bond acceptors (Lipinski definition) is 3. The molecule has 0 radical (unpaired) electrons. The lowest BCUT2D eigenvalue weighted by Gasteiger charge is -2.30. The van der Waals surface area contributed by atoms with Crippen molar-refractivity contribution >= 4 is 10.2 Å². The highest BCUT2D eigenvalue weighted by Gasteiger charge is 2.38. The Labute approximate surface area is 110 Å². The van der Waals surface area contributed by atoms with Crippen molar-refractivity contribution < 1.29 is 8.42 Å². The predicted octanol–water partition coefficient (Wildman–Crippen LogP) is 0.693. The maximum Gasteiger partial charge on any atom is 0.279 e. The van der Waals surface area contributed by atoms with E-state index in [1.54, 1.807) is 4.31 Å². The van der Waals surface area contributed by atoms with Crippen LogP contribution in [0.25, 0.3) is 0 Å². The zero-order valence-electron chi connectivity index (χ0n) is 11.4. The highest BCUT2D eigenvalue weighted by molar-refractivity contribution is 7.87. The monoisotopic (exact) mass is 275 g/mol. The Kier molecular flexibility index (Phi) is 4.64. The zero-order valence-corrected chi connectivity index (χ0v) is 12.2. The molecule has 1 saturated carbocycles. The van der Waals surface area contributed by atoms with Crippen LogP contribution in [-0.4, -0.2) is 44.4 Å². The molecule has 0 aromatic rings. The molecule has 1 atom stereocenters. The molecule has 0 aromatic heterocycles. The molecule has 1 aliphatic heterocycles. The van der Waals surface area contributed by atoms with Gasteiger partial charge in [0.25, 0.3) is 10.2 Å². The maximum atomic E-state index is 12.3. The first-order valence-corrected chi connectivity index (χ1v) is 8.43. The van der Waals surface area contributed by atoms with E-state index in [0.29, 0.717) is 12.5 Å². The van der Waals surface area contributed by atoms with Gasteiger partial charge in [0, 0.05) is 18.6 Å². The van der Waals surface area contributed by atoms with Gasteiger partial charge in [-0.1, -0.05) is 0 Å². The summed E-state index contributed by atoms with van der Waals surface area (Å²) in [6, 6.07) is 0.198. The van der Waals surface area contributed by atoms with Crippen molar-refractivity contribution in [2.45, 2.75) is 51.6 Å². The lowest BCUT2D eigenvalue weighted by molar-refractivity contribution is 0.283. The average molecular weight is 275 g/mol. The van der Waals surface area contributed by atoms with E-state index in [1.165, 1.54) is 0 Å². The molecule has 0 amide bonds. The van der Waals surface area contributed by atoms with E-state index in [0.717, 1.165) is 38.8 Å². The van der Waals surface area contributed by atoms with Crippen LogP contribution in [-0.2, 0) is 10.2 Å². The van der Waals surface area contributed by atoms with Gasteiger partial charge in [-0.25, -0.2) is 0 Å². The minimum absolute atomic E-state index is 0.0410. The number of hydrogen-bond donors (Lipinski definition) is 2. The lowest BCUT2D eigenvalue weighted by atomic mass is 10.00. The third-order valence-corrected chi connectivity index (χ3v) is 5.32. The van der Waals surface area contributed by atoms with E-state index < -0.39 is 10.2 Å². The first-order chi connectivity index (χ1) is 8.49. The van der Waals surface area contributed by atoms with Crippen molar-refractivity contribution in [2.24, 2.45) is 5.92 Å². The Hall–Kier alpha value is -0.170. The van der Waals surface area contributed by atoms with Gasteiger partial charge in [-0.05, 0) is 58.5 Å². The Morgan fingerprint density at radius 2 is 2.06 bits per heavy atom. The fraction of sp³-hybridized carbons (Fsp3) is 1.00. The molecule has 2 N–H and O–H groups in total. The number of rotatable bonds is 6. The summed E-state index contributed by atoms with van der Waals surface area (Å²) in [6.07, 6.45) is 4.31. The van der Waals surface area contributed by atoms with Crippen molar-refractivity contribution in [2.75, 3.05) is 19.6 Å². The van der Waals surface area contributed by atoms with Crippen molar-refractivity contribution in [3.63, 3.8) is 0 Å². The summed E-state index contributed by atoms with van der Waals surface area (Å²) < 4.78 is 29.0. The molecule has 1 saturated heterocycles. The summed E-state index contributed by atoms with van der Waals surface area (Å²) in [5.74, 6) is 0.461. The van der Waals surface area contributed by atoms with E-state index in [9.17, 15) is 8.42 Å². The topological polar surface area (TPSA) is 61.4 Å². The Bertz CT molecular complexity index is 360. The molecule has 2 fully saturated rings. The van der Waals surface area contributed by atoms with Crippen LogP contribution in [0.4, 0.5) is 0 Å². The van der Waals surface area contributed by atoms with Crippen molar-refractivity contribution in [1.82, 2.24) is 14.3 Å². The number of nitrogens with zero attached hydrogens (tertiary/aromatic N) is 1. The summed E-state index contributed by atoms with van der Waals surface area (Å²) in [4.78, 5) is 0. The normalized spacial score (nSPS) is 25.9. The third kappa shape index (κ3) is 3.91. The van der Waals surface area contributed by atoms with Crippen molar-refractivity contribution in [3.8, 4) is 0 Å². The molecule has 0 spiro atoms. The van der Waals surface area contributed by atoms with Crippen LogP contribution in [0.1, 0.15) is 39.5 Å². The van der Waals surface area contributed by atoms with Crippen molar-refractivity contribution in [3.05, 3.63) is 0 Å². The van der Waals surface area contributed by atoms with E-state index in [2.05, 4.69) is 10.0 Å². The predicted molar refractivity (Wildman–Crippen MR) is 72.5 cm³/mol. The lowest BCUT2D eigenvalue weighted by Crippen LogP contribution is -2.48. The summed E-state index contributed by atoms with van der Waals surface area (Å²) in [5, 5.41) is 3.35. The highest BCUT2D eigenvalue weighted by atomic mass is 32.2. The second kappa shape index (κ2) is 5.86. The Balaban J connectivity index is 1.98. The van der Waals surface area contributed by atoms with Gasteiger partial charge in [-0.3, -0.25) is 0 Å². The molecule has 106 valence electrons. The van der Waals surface area contributed by atoms with Crippen LogP contribution in [0, 0.1) is 5.92 Å². The van der Waals surface area contributed by atoms with E-state index in [-0.39, 0.29) is 12.1 Å². The SMILES string of the molecule is CC(C)NS(=O)(=O)N(CC1CCCNC1)C1CC1. The summed E-state index contributed by atoms with van der Waals surface area (Å²) in [5.41, 5.74) is 0. The average Bonchev–Trinajstić information content (AvgIpc) is 3.09. The molecule has 1 aliphatic carbocycles. The van der Waals surface area contributed by atoms with Gasteiger partial charge in [-0.2, -0.15) is 17.4 Å². The molecule has 5 nitrogen and oxygen atoms in total. The van der Waals surface area contributed by atoms with Gasteiger partial charge < -0.3 is 5.32 Å². The maximum absolute atomic E-state index is 12.3. The van der Waals surface area contributed by atoms with Crippen LogP contribution < -0.4 is 10.0 Å². The standard InChI is InChI=1S/C12H25N3O2S/c1-10(2)14-18(16,17)15(12-5-6-12)9-11-4-3-7-13-8-11/h10-14H,3-9H2,1-2H3. The molecule has 2 aliphatic rings. The second-order valence-corrected chi connectivity index (χ2v) is 7.45. The van der Waals surface area contributed by atoms with E-state index >= 15 is 0 Å². The molecule has 0 bridgehead atoms. The van der Waals surface area contributed by atoms with Crippen molar-refractivity contribution in [1.29, 1.82) is 0 Å². The smallest absolute Gasteiger partial charge is 0.279 e. The molecule has 0 aromatic carbocycles. The Morgan fingerprint density at radius 3 is 2.56 bits per heavy atom. The molecular formula is C12H25N3O2S.